The van der Waals surface area contributed by atoms with E-state index in [9.17, 15) is 18.5 Å². The Morgan fingerprint density at radius 3 is 2.24 bits per heavy atom. The number of phosphoric ester groups is 2. The molecular weight excluding hydrogens is 433 g/mol. The lowest BCUT2D eigenvalue weighted by Gasteiger charge is -2.32. The van der Waals surface area contributed by atoms with Crippen LogP contribution in [0.3, 0.4) is 0 Å². The predicted octanol–water partition coefficient (Wildman–Crippen LogP) is 2.37. The second-order valence-electron chi connectivity index (χ2n) is 7.82. The molecule has 0 rings (SSSR count). The average Bonchev–Trinajstić information content (AvgIpc) is 2.51. The van der Waals surface area contributed by atoms with Crippen molar-refractivity contribution in [1.29, 1.82) is 0 Å². The van der Waals surface area contributed by atoms with Crippen molar-refractivity contribution < 1.29 is 46.6 Å². The van der Waals surface area contributed by atoms with Crippen molar-refractivity contribution >= 4 is 15.6 Å². The minimum absolute atomic E-state index is 0.0540. The summed E-state index contributed by atoms with van der Waals surface area (Å²) in [7, 11) is -9.22. The predicted molar refractivity (Wildman–Crippen MR) is 104 cm³/mol. The van der Waals surface area contributed by atoms with Crippen LogP contribution in [0.4, 0.5) is 4.48 Å². The summed E-state index contributed by atoms with van der Waals surface area (Å²) in [6.07, 6.45) is -0.261. The van der Waals surface area contributed by atoms with Gasteiger partial charge in [-0.3, -0.25) is 13.6 Å². The molecule has 14 heteroatoms. The Morgan fingerprint density at radius 2 is 1.79 bits per heavy atom. The number of rotatable bonds is 16. The molecule has 0 aliphatic heterocycles. The summed E-state index contributed by atoms with van der Waals surface area (Å²) in [5, 5.41) is 0. The van der Waals surface area contributed by atoms with Gasteiger partial charge in [-0.15, -0.1) is 10.0 Å². The van der Waals surface area contributed by atoms with Crippen LogP contribution in [0.15, 0.2) is 0 Å². The lowest BCUT2D eigenvalue weighted by Crippen LogP contribution is -2.51. The number of hydrogen-bond donors (Lipinski definition) is 5. The van der Waals surface area contributed by atoms with E-state index >= 15 is 0 Å². The summed E-state index contributed by atoms with van der Waals surface area (Å²) in [4.78, 5) is 27.7. The van der Waals surface area contributed by atoms with Crippen LogP contribution in [0.25, 0.3) is 0 Å². The molecule has 0 saturated heterocycles. The molecular formula is C15H35FN2O9P2. The van der Waals surface area contributed by atoms with E-state index in [1.807, 2.05) is 13.8 Å². The summed E-state index contributed by atoms with van der Waals surface area (Å²) in [5.74, 6) is 0.0985. The summed E-state index contributed by atoms with van der Waals surface area (Å²) < 4.78 is 56.0. The number of nitrogens with one attached hydrogen (secondary N) is 1. The molecule has 176 valence electrons. The number of phosphoric acid groups is 2. The molecule has 0 spiro atoms. The van der Waals surface area contributed by atoms with Gasteiger partial charge in [0.05, 0.1) is 31.5 Å². The van der Waals surface area contributed by atoms with Crippen LogP contribution in [0.1, 0.15) is 53.9 Å². The van der Waals surface area contributed by atoms with Gasteiger partial charge in [0, 0.05) is 6.42 Å². The Kier molecular flexibility index (Phi) is 12.2. The van der Waals surface area contributed by atoms with Gasteiger partial charge in [-0.1, -0.05) is 20.8 Å². The largest absolute Gasteiger partial charge is 0.473 e. The molecule has 0 aliphatic rings. The molecule has 6 N–H and O–H groups in total. The van der Waals surface area contributed by atoms with Gasteiger partial charge in [-0.25, -0.2) is 9.13 Å². The molecule has 0 fully saturated rings. The molecule has 0 aromatic rings. The maximum absolute atomic E-state index is 12.5. The van der Waals surface area contributed by atoms with Crippen LogP contribution in [-0.4, -0.2) is 51.9 Å². The zero-order valence-electron chi connectivity index (χ0n) is 17.5. The van der Waals surface area contributed by atoms with E-state index in [1.54, 1.807) is 6.92 Å². The third kappa shape index (κ3) is 14.6. The van der Waals surface area contributed by atoms with E-state index in [-0.39, 0.29) is 38.6 Å². The minimum atomic E-state index is -4.66. The van der Waals surface area contributed by atoms with Crippen molar-refractivity contribution in [2.24, 2.45) is 11.7 Å². The molecule has 0 bridgehead atoms. The normalized spacial score (nSPS) is 20.1. The molecule has 0 aliphatic carbocycles. The monoisotopic (exact) mass is 468 g/mol. The van der Waals surface area contributed by atoms with Crippen molar-refractivity contribution in [2.45, 2.75) is 71.2 Å². The van der Waals surface area contributed by atoms with Gasteiger partial charge in [0.2, 0.25) is 0 Å². The fraction of sp³-hybridized carbons (Fsp3) is 1.00. The average molecular weight is 468 g/mol. The van der Waals surface area contributed by atoms with Gasteiger partial charge in [0.1, 0.15) is 5.66 Å². The SMILES string of the molecule is CCC(C)(CCOP(=O)(O)O)OP(=O)(O)OC(COCC(C)(N)NF)CC(C)C. The van der Waals surface area contributed by atoms with Crippen LogP contribution in [0.5, 0.6) is 0 Å². The molecule has 29 heavy (non-hydrogen) atoms. The fourth-order valence-electron chi connectivity index (χ4n) is 2.25. The van der Waals surface area contributed by atoms with E-state index in [0.717, 1.165) is 0 Å². The summed E-state index contributed by atoms with van der Waals surface area (Å²) >= 11 is 0. The summed E-state index contributed by atoms with van der Waals surface area (Å²) in [5.41, 5.74) is 4.31. The topological polar surface area (TPSA) is 170 Å². The Hall–Kier alpha value is 0.0300. The lowest BCUT2D eigenvalue weighted by molar-refractivity contribution is -0.0324. The van der Waals surface area contributed by atoms with Crippen LogP contribution in [0.2, 0.25) is 0 Å². The molecule has 0 aromatic carbocycles. The molecule has 11 nitrogen and oxygen atoms in total. The number of hydrogen-bond acceptors (Lipinski definition) is 8. The van der Waals surface area contributed by atoms with Crippen molar-refractivity contribution in [3.05, 3.63) is 0 Å². The highest BCUT2D eigenvalue weighted by molar-refractivity contribution is 7.47. The van der Waals surface area contributed by atoms with Crippen molar-refractivity contribution in [3.63, 3.8) is 0 Å². The van der Waals surface area contributed by atoms with Gasteiger partial charge in [0.15, 0.2) is 0 Å². The Bertz CT molecular complexity index is 576. The van der Waals surface area contributed by atoms with Crippen LogP contribution < -0.4 is 11.3 Å². The molecule has 4 atom stereocenters. The zero-order valence-corrected chi connectivity index (χ0v) is 19.3. The van der Waals surface area contributed by atoms with E-state index in [4.69, 9.17) is 29.3 Å². The number of nitrogens with two attached hydrogens (primary N) is 1. The Morgan fingerprint density at radius 1 is 1.21 bits per heavy atom. The van der Waals surface area contributed by atoms with Crippen molar-refractivity contribution in [2.75, 3.05) is 19.8 Å². The molecule has 0 saturated carbocycles. The zero-order chi connectivity index (χ0) is 22.9. The maximum Gasteiger partial charge on any atom is 0.473 e. The van der Waals surface area contributed by atoms with Crippen molar-refractivity contribution in [3.8, 4) is 0 Å². The highest BCUT2D eigenvalue weighted by atomic mass is 31.2. The molecule has 0 amide bonds. The highest BCUT2D eigenvalue weighted by Crippen LogP contribution is 2.51. The maximum atomic E-state index is 12.5. The first-order valence-corrected chi connectivity index (χ1v) is 12.2. The van der Waals surface area contributed by atoms with E-state index in [2.05, 4.69) is 4.52 Å². The van der Waals surface area contributed by atoms with E-state index in [1.165, 1.54) is 19.4 Å². The van der Waals surface area contributed by atoms with Gasteiger partial charge < -0.3 is 25.2 Å². The Labute approximate surface area is 171 Å². The fourth-order valence-corrected chi connectivity index (χ4v) is 3.93. The second kappa shape index (κ2) is 12.2. The van der Waals surface area contributed by atoms with Crippen LogP contribution in [-0.2, 0) is 27.4 Å². The van der Waals surface area contributed by atoms with Gasteiger partial charge >= 0.3 is 15.6 Å². The third-order valence-corrected chi connectivity index (χ3v) is 5.67. The first-order chi connectivity index (χ1) is 13.0. The quantitative estimate of drug-likeness (QED) is 0.128. The molecule has 0 radical (unpaired) electrons. The van der Waals surface area contributed by atoms with Gasteiger partial charge in [0.25, 0.3) is 0 Å². The minimum Gasteiger partial charge on any atom is -0.375 e. The number of ether oxygens (including phenoxy) is 1. The summed E-state index contributed by atoms with van der Waals surface area (Å²) in [6.45, 7) is 7.61. The van der Waals surface area contributed by atoms with Crippen LogP contribution in [0, 0.1) is 5.92 Å². The lowest BCUT2D eigenvalue weighted by atomic mass is 10.0. The molecule has 0 heterocycles. The summed E-state index contributed by atoms with van der Waals surface area (Å²) in [6, 6.07) is 0. The second-order valence-corrected chi connectivity index (χ2v) is 10.4. The smallest absolute Gasteiger partial charge is 0.375 e. The van der Waals surface area contributed by atoms with Crippen LogP contribution >= 0.6 is 15.6 Å². The highest BCUT2D eigenvalue weighted by Gasteiger charge is 2.37. The van der Waals surface area contributed by atoms with E-state index in [0.29, 0.717) is 6.42 Å². The first kappa shape index (κ1) is 29.0. The standard InChI is InChI=1S/C15H35FN2O9P2/c1-6-14(4,7-8-25-28(19,20)21)27-29(22,23)26-13(9-12(2)3)10-24-11-15(5,17)18-16/h12-13,18H,6-11,17H2,1-5H3,(H,22,23)(H2,19,20,21). The third-order valence-electron chi connectivity index (χ3n) is 3.91. The van der Waals surface area contributed by atoms with E-state index < -0.39 is 33.0 Å². The molecule has 0 aromatic heterocycles. The Balaban J connectivity index is 4.95. The van der Waals surface area contributed by atoms with Crippen molar-refractivity contribution in [1.82, 2.24) is 5.54 Å². The molecule has 4 unspecified atom stereocenters. The number of halogens is 1. The van der Waals surface area contributed by atoms with Gasteiger partial charge in [-0.2, -0.15) is 0 Å². The first-order valence-electron chi connectivity index (χ1n) is 9.19. The van der Waals surface area contributed by atoms with Gasteiger partial charge in [-0.05, 0) is 32.6 Å².